The molecule has 1 fully saturated rings. The number of carbonyl (C=O) groups excluding carboxylic acids is 1. The molecule has 2 heterocycles. The molecule has 2 aromatic carbocycles. The lowest BCUT2D eigenvalue weighted by atomic mass is 10.1. The molecule has 1 saturated heterocycles. The van der Waals surface area contributed by atoms with Crippen LogP contribution in [0.3, 0.4) is 0 Å². The van der Waals surface area contributed by atoms with E-state index < -0.39 is 0 Å². The summed E-state index contributed by atoms with van der Waals surface area (Å²) in [5.74, 6) is 1.57. The lowest BCUT2D eigenvalue weighted by Crippen LogP contribution is -2.40. The van der Waals surface area contributed by atoms with E-state index in [2.05, 4.69) is 10.2 Å². The molecular formula is C25H27ClN2O3. The summed E-state index contributed by atoms with van der Waals surface area (Å²) in [6.45, 7) is 3.01. The quantitative estimate of drug-likeness (QED) is 0.506. The smallest absolute Gasteiger partial charge is 0.251 e. The first-order valence-electron chi connectivity index (χ1n) is 10.7. The normalized spacial score (nSPS) is 15.4. The number of furan rings is 1. The number of halogens is 1. The highest BCUT2D eigenvalue weighted by Crippen LogP contribution is 2.24. The monoisotopic (exact) mass is 438 g/mol. The maximum Gasteiger partial charge on any atom is 0.251 e. The molecule has 1 atom stereocenters. The predicted molar refractivity (Wildman–Crippen MR) is 121 cm³/mol. The molecule has 0 unspecified atom stereocenters. The Bertz CT molecular complexity index is 949. The fraction of sp³-hybridized carbons (Fsp3) is 0.320. The Hall–Kier alpha value is -2.76. The average molecular weight is 439 g/mol. The number of benzene rings is 2. The molecule has 162 valence electrons. The minimum absolute atomic E-state index is 0.0614. The summed E-state index contributed by atoms with van der Waals surface area (Å²) in [5.41, 5.74) is 1.63. The third-order valence-electron chi connectivity index (χ3n) is 5.59. The number of amides is 1. The van der Waals surface area contributed by atoms with Crippen LogP contribution in [0.25, 0.3) is 0 Å². The molecule has 1 aromatic heterocycles. The number of hydrogen-bond acceptors (Lipinski definition) is 4. The number of ether oxygens (including phenoxy) is 1. The van der Waals surface area contributed by atoms with Crippen LogP contribution in [-0.4, -0.2) is 30.4 Å². The van der Waals surface area contributed by atoms with Crippen LogP contribution in [0.2, 0.25) is 5.02 Å². The third kappa shape index (κ3) is 5.90. The lowest BCUT2D eigenvalue weighted by molar-refractivity contribution is 0.0914. The molecule has 0 aliphatic carbocycles. The Morgan fingerprint density at radius 3 is 2.45 bits per heavy atom. The Kier molecular flexibility index (Phi) is 7.28. The van der Waals surface area contributed by atoms with Crippen LogP contribution in [-0.2, 0) is 6.61 Å². The summed E-state index contributed by atoms with van der Waals surface area (Å²) in [6, 6.07) is 18.7. The van der Waals surface area contributed by atoms with E-state index in [1.807, 2.05) is 48.5 Å². The van der Waals surface area contributed by atoms with Crippen molar-refractivity contribution >= 4 is 17.5 Å². The molecule has 4 rings (SSSR count). The molecule has 0 radical (unpaired) electrons. The molecule has 0 bridgehead atoms. The highest BCUT2D eigenvalue weighted by Gasteiger charge is 2.25. The summed E-state index contributed by atoms with van der Waals surface area (Å²) in [7, 11) is 0. The number of rotatable bonds is 8. The van der Waals surface area contributed by atoms with Gasteiger partial charge in [0, 0.05) is 17.1 Å². The van der Waals surface area contributed by atoms with Gasteiger partial charge in [0.1, 0.15) is 18.1 Å². The van der Waals surface area contributed by atoms with Gasteiger partial charge in [-0.3, -0.25) is 9.69 Å². The van der Waals surface area contributed by atoms with E-state index in [4.69, 9.17) is 20.8 Å². The van der Waals surface area contributed by atoms with Gasteiger partial charge in [0.2, 0.25) is 0 Å². The van der Waals surface area contributed by atoms with Crippen molar-refractivity contribution in [3.8, 4) is 5.75 Å². The largest absolute Gasteiger partial charge is 0.489 e. The van der Waals surface area contributed by atoms with Crippen LogP contribution in [0, 0.1) is 0 Å². The van der Waals surface area contributed by atoms with Crippen molar-refractivity contribution in [2.45, 2.75) is 31.9 Å². The number of hydrogen-bond donors (Lipinski definition) is 1. The van der Waals surface area contributed by atoms with Crippen molar-refractivity contribution in [3.05, 3.63) is 88.8 Å². The summed E-state index contributed by atoms with van der Waals surface area (Å²) < 4.78 is 11.4. The third-order valence-corrected chi connectivity index (χ3v) is 5.85. The molecule has 6 heteroatoms. The minimum Gasteiger partial charge on any atom is -0.489 e. The summed E-state index contributed by atoms with van der Waals surface area (Å²) in [5, 5.41) is 3.76. The van der Waals surface area contributed by atoms with E-state index in [1.54, 1.807) is 18.4 Å². The molecule has 0 saturated carbocycles. The number of likely N-dealkylation sites (tertiary alicyclic amines) is 1. The number of piperidine rings is 1. The first-order valence-corrected chi connectivity index (χ1v) is 11.1. The fourth-order valence-corrected chi connectivity index (χ4v) is 3.99. The van der Waals surface area contributed by atoms with E-state index in [9.17, 15) is 4.79 Å². The summed E-state index contributed by atoms with van der Waals surface area (Å²) in [6.07, 6.45) is 5.33. The topological polar surface area (TPSA) is 54.7 Å². The van der Waals surface area contributed by atoms with Crippen LogP contribution >= 0.6 is 11.6 Å². The first kappa shape index (κ1) is 21.5. The van der Waals surface area contributed by atoms with E-state index in [1.165, 1.54) is 19.3 Å². The maximum atomic E-state index is 12.7. The second-order valence-electron chi connectivity index (χ2n) is 7.78. The van der Waals surface area contributed by atoms with E-state index in [0.29, 0.717) is 23.7 Å². The van der Waals surface area contributed by atoms with Crippen molar-refractivity contribution in [2.24, 2.45) is 0 Å². The van der Waals surface area contributed by atoms with Gasteiger partial charge < -0.3 is 14.5 Å². The number of nitrogens with one attached hydrogen (secondary N) is 1. The van der Waals surface area contributed by atoms with Gasteiger partial charge in [0.15, 0.2) is 0 Å². The van der Waals surface area contributed by atoms with Crippen molar-refractivity contribution in [2.75, 3.05) is 19.6 Å². The van der Waals surface area contributed by atoms with Crippen LogP contribution in [0.4, 0.5) is 0 Å². The zero-order valence-electron chi connectivity index (χ0n) is 17.4. The molecule has 1 aliphatic heterocycles. The maximum absolute atomic E-state index is 12.7. The van der Waals surface area contributed by atoms with E-state index in [-0.39, 0.29) is 11.9 Å². The van der Waals surface area contributed by atoms with Gasteiger partial charge in [-0.2, -0.15) is 0 Å². The van der Waals surface area contributed by atoms with Gasteiger partial charge in [-0.05, 0) is 80.0 Å². The number of nitrogens with zero attached hydrogens (tertiary/aromatic N) is 1. The molecule has 1 N–H and O–H groups in total. The average Bonchev–Trinajstić information content (AvgIpc) is 3.34. The standard InChI is InChI=1S/C25H27ClN2O3/c26-21-10-12-22(13-11-21)31-18-19-6-8-20(9-7-19)25(29)27-17-23(24-5-4-16-30-24)28-14-2-1-3-15-28/h4-13,16,23H,1-3,14-15,17-18H2,(H,27,29)/t23-/m1/s1. The Labute approximate surface area is 188 Å². The molecule has 1 amide bonds. The van der Waals surface area contributed by atoms with Crippen molar-refractivity contribution < 1.29 is 13.9 Å². The van der Waals surface area contributed by atoms with E-state index >= 15 is 0 Å². The van der Waals surface area contributed by atoms with Crippen LogP contribution < -0.4 is 10.1 Å². The SMILES string of the molecule is O=C(NC[C@H](c1ccco1)N1CCCCC1)c1ccc(COc2ccc(Cl)cc2)cc1. The number of carbonyl (C=O) groups is 1. The minimum atomic E-state index is -0.0845. The molecule has 5 nitrogen and oxygen atoms in total. The van der Waals surface area contributed by atoms with Gasteiger partial charge in [-0.25, -0.2) is 0 Å². The van der Waals surface area contributed by atoms with Gasteiger partial charge in [-0.1, -0.05) is 30.2 Å². The van der Waals surface area contributed by atoms with Gasteiger partial charge >= 0.3 is 0 Å². The molecular weight excluding hydrogens is 412 g/mol. The van der Waals surface area contributed by atoms with Crippen molar-refractivity contribution in [1.82, 2.24) is 10.2 Å². The van der Waals surface area contributed by atoms with Crippen molar-refractivity contribution in [3.63, 3.8) is 0 Å². The zero-order chi connectivity index (χ0) is 21.5. The highest BCUT2D eigenvalue weighted by atomic mass is 35.5. The molecule has 0 spiro atoms. The Morgan fingerprint density at radius 1 is 1.03 bits per heavy atom. The predicted octanol–water partition coefficient (Wildman–Crippen LogP) is 5.47. The lowest BCUT2D eigenvalue weighted by Gasteiger charge is -2.33. The van der Waals surface area contributed by atoms with Crippen molar-refractivity contribution in [1.29, 1.82) is 0 Å². The zero-order valence-corrected chi connectivity index (χ0v) is 18.2. The van der Waals surface area contributed by atoms with Crippen LogP contribution in [0.5, 0.6) is 5.75 Å². The second kappa shape index (κ2) is 10.5. The summed E-state index contributed by atoms with van der Waals surface area (Å²) in [4.78, 5) is 15.1. The molecule has 1 aliphatic rings. The molecule has 31 heavy (non-hydrogen) atoms. The summed E-state index contributed by atoms with van der Waals surface area (Å²) >= 11 is 5.89. The van der Waals surface area contributed by atoms with Crippen LogP contribution in [0.1, 0.15) is 47.0 Å². The Morgan fingerprint density at radius 2 is 1.77 bits per heavy atom. The van der Waals surface area contributed by atoms with Gasteiger partial charge in [0.25, 0.3) is 5.91 Å². The second-order valence-corrected chi connectivity index (χ2v) is 8.21. The van der Waals surface area contributed by atoms with Gasteiger partial charge in [-0.15, -0.1) is 0 Å². The highest BCUT2D eigenvalue weighted by molar-refractivity contribution is 6.30. The van der Waals surface area contributed by atoms with Crippen LogP contribution in [0.15, 0.2) is 71.3 Å². The van der Waals surface area contributed by atoms with Gasteiger partial charge in [0.05, 0.1) is 12.3 Å². The fourth-order valence-electron chi connectivity index (χ4n) is 3.86. The first-order chi connectivity index (χ1) is 15.2. The molecule has 3 aromatic rings. The van der Waals surface area contributed by atoms with E-state index in [0.717, 1.165) is 30.2 Å². The Balaban J connectivity index is 1.32.